The lowest BCUT2D eigenvalue weighted by Gasteiger charge is -2.34. The van der Waals surface area contributed by atoms with E-state index in [2.05, 4.69) is 20.8 Å². The number of hydrogen-bond acceptors (Lipinski definition) is 9. The number of hydrogen-bond donors (Lipinski definition) is 1. The second-order valence-electron chi connectivity index (χ2n) is 8.52. The molecule has 0 bridgehead atoms. The predicted octanol–water partition coefficient (Wildman–Crippen LogP) is 0.660. The summed E-state index contributed by atoms with van der Waals surface area (Å²) in [5, 5.41) is 14.0. The van der Waals surface area contributed by atoms with E-state index in [0.29, 0.717) is 43.1 Å². The fourth-order valence-electron chi connectivity index (χ4n) is 4.19. The number of tetrazole rings is 1. The first kappa shape index (κ1) is 23.9. The number of cyclic esters (lactones) is 1. The van der Waals surface area contributed by atoms with E-state index in [1.165, 1.54) is 17.9 Å². The van der Waals surface area contributed by atoms with Crippen molar-refractivity contribution in [3.05, 3.63) is 29.8 Å². The Morgan fingerprint density at radius 3 is 2.68 bits per heavy atom. The fourth-order valence-corrected chi connectivity index (χ4v) is 4.85. The van der Waals surface area contributed by atoms with E-state index in [1.807, 2.05) is 4.90 Å². The number of carbonyl (C=O) groups is 2. The summed E-state index contributed by atoms with van der Waals surface area (Å²) in [6.07, 6.45) is 1.27. The second-order valence-corrected chi connectivity index (χ2v) is 10.7. The van der Waals surface area contributed by atoms with Crippen molar-refractivity contribution in [3.63, 3.8) is 0 Å². The normalized spacial score (nSPS) is 19.4. The summed E-state index contributed by atoms with van der Waals surface area (Å²) in [5.41, 5.74) is 0.795. The van der Waals surface area contributed by atoms with Crippen LogP contribution in [0.25, 0.3) is 0 Å². The maximum absolute atomic E-state index is 15.0. The minimum Gasteiger partial charge on any atom is -0.442 e. The van der Waals surface area contributed by atoms with Crippen molar-refractivity contribution >= 4 is 33.2 Å². The highest BCUT2D eigenvalue weighted by atomic mass is 32.2. The molecule has 1 atom stereocenters. The Labute approximate surface area is 196 Å². The van der Waals surface area contributed by atoms with Crippen LogP contribution in [0.5, 0.6) is 0 Å². The molecule has 2 saturated heterocycles. The number of nitrogens with zero attached hydrogens (tertiary/aromatic N) is 6. The van der Waals surface area contributed by atoms with Crippen molar-refractivity contribution in [1.29, 1.82) is 0 Å². The maximum atomic E-state index is 15.0. The zero-order valence-electron chi connectivity index (χ0n) is 18.8. The largest absolute Gasteiger partial charge is 0.442 e. The van der Waals surface area contributed by atoms with Crippen molar-refractivity contribution in [3.8, 4) is 0 Å². The van der Waals surface area contributed by atoms with Crippen LogP contribution in [0.4, 0.5) is 20.6 Å². The molecule has 0 aliphatic carbocycles. The molecule has 0 spiro atoms. The summed E-state index contributed by atoms with van der Waals surface area (Å²) < 4.78 is 45.0. The van der Waals surface area contributed by atoms with Gasteiger partial charge in [0, 0.05) is 26.3 Å². The van der Waals surface area contributed by atoms with E-state index in [1.54, 1.807) is 16.8 Å². The van der Waals surface area contributed by atoms with Crippen LogP contribution in [0.3, 0.4) is 0 Å². The third kappa shape index (κ3) is 5.43. The summed E-state index contributed by atoms with van der Waals surface area (Å²) in [6, 6.07) is 4.52. The van der Waals surface area contributed by atoms with Crippen LogP contribution in [0.15, 0.2) is 18.2 Å². The Hall–Kier alpha value is -3.29. The number of benzene rings is 1. The van der Waals surface area contributed by atoms with Crippen LogP contribution in [0, 0.1) is 5.82 Å². The van der Waals surface area contributed by atoms with Crippen LogP contribution in [0.1, 0.15) is 31.6 Å². The molecule has 1 aromatic carbocycles. The van der Waals surface area contributed by atoms with Gasteiger partial charge >= 0.3 is 6.09 Å². The van der Waals surface area contributed by atoms with Gasteiger partial charge in [0.05, 0.1) is 30.5 Å². The van der Waals surface area contributed by atoms with Crippen LogP contribution < -0.4 is 15.1 Å². The molecule has 14 heteroatoms. The third-order valence-electron chi connectivity index (χ3n) is 5.80. The molecule has 2 amide bonds. The topological polar surface area (TPSA) is 140 Å². The zero-order valence-corrected chi connectivity index (χ0v) is 19.7. The lowest BCUT2D eigenvalue weighted by molar-refractivity contribution is -0.119. The molecule has 184 valence electrons. The van der Waals surface area contributed by atoms with E-state index in [9.17, 15) is 18.0 Å². The van der Waals surface area contributed by atoms with Crippen molar-refractivity contribution in [2.45, 2.75) is 37.7 Å². The monoisotopic (exact) mass is 495 g/mol. The number of rotatable bonds is 7. The number of ether oxygens (including phenoxy) is 1. The Balaban J connectivity index is 1.39. The van der Waals surface area contributed by atoms with E-state index in [-0.39, 0.29) is 30.8 Å². The average molecular weight is 496 g/mol. The van der Waals surface area contributed by atoms with Crippen molar-refractivity contribution in [2.24, 2.45) is 0 Å². The minimum atomic E-state index is -3.27. The summed E-state index contributed by atoms with van der Waals surface area (Å²) in [6.45, 7) is 2.85. The van der Waals surface area contributed by atoms with Crippen molar-refractivity contribution in [2.75, 3.05) is 42.2 Å². The molecular formula is C20H26FN7O5S. The molecule has 2 aromatic rings. The fraction of sp³-hybridized carbons (Fsp3) is 0.550. The summed E-state index contributed by atoms with van der Waals surface area (Å²) in [5.74, 6) is -0.624. The van der Waals surface area contributed by atoms with Crippen LogP contribution in [0.2, 0.25) is 0 Å². The molecule has 2 fully saturated rings. The van der Waals surface area contributed by atoms with Crippen molar-refractivity contribution < 1.29 is 27.1 Å². The van der Waals surface area contributed by atoms with Crippen LogP contribution in [-0.2, 0) is 25.1 Å². The SMILES string of the molecule is CC(=O)NCC1CN(c2ccc(N3CCC(n4nnnc4CS(C)(=O)=O)CC3)c(F)c2)C(=O)O1. The molecule has 0 saturated carbocycles. The first-order valence-electron chi connectivity index (χ1n) is 10.8. The molecule has 1 N–H and O–H groups in total. The van der Waals surface area contributed by atoms with Crippen LogP contribution >= 0.6 is 0 Å². The summed E-state index contributed by atoms with van der Waals surface area (Å²) in [4.78, 5) is 26.5. The molecular weight excluding hydrogens is 469 g/mol. The number of amides is 2. The maximum Gasteiger partial charge on any atom is 0.414 e. The molecule has 1 aromatic heterocycles. The van der Waals surface area contributed by atoms with Gasteiger partial charge in [-0.1, -0.05) is 0 Å². The highest BCUT2D eigenvalue weighted by Gasteiger charge is 2.33. The zero-order chi connectivity index (χ0) is 24.5. The van der Waals surface area contributed by atoms with E-state index < -0.39 is 27.9 Å². The molecule has 1 unspecified atom stereocenters. The Morgan fingerprint density at radius 1 is 1.29 bits per heavy atom. The van der Waals surface area contributed by atoms with Gasteiger partial charge < -0.3 is 15.0 Å². The minimum absolute atomic E-state index is 0.0785. The van der Waals surface area contributed by atoms with Gasteiger partial charge in [0.2, 0.25) is 5.91 Å². The van der Waals surface area contributed by atoms with Gasteiger partial charge in [-0.15, -0.1) is 5.10 Å². The van der Waals surface area contributed by atoms with Crippen LogP contribution in [-0.4, -0.2) is 79.2 Å². The number of sulfone groups is 1. The quantitative estimate of drug-likeness (QED) is 0.587. The molecule has 2 aliphatic rings. The highest BCUT2D eigenvalue weighted by molar-refractivity contribution is 7.89. The first-order valence-corrected chi connectivity index (χ1v) is 12.9. The number of piperidine rings is 1. The van der Waals surface area contributed by atoms with Gasteiger partial charge in [-0.25, -0.2) is 22.3 Å². The molecule has 2 aliphatic heterocycles. The molecule has 0 radical (unpaired) electrons. The summed E-state index contributed by atoms with van der Waals surface area (Å²) in [7, 11) is -3.27. The van der Waals surface area contributed by atoms with E-state index in [0.717, 1.165) is 6.26 Å². The van der Waals surface area contributed by atoms with Gasteiger partial charge in [-0.05, 0) is 41.5 Å². The van der Waals surface area contributed by atoms with Crippen molar-refractivity contribution in [1.82, 2.24) is 25.5 Å². The lowest BCUT2D eigenvalue weighted by Crippen LogP contribution is -2.36. The number of nitrogens with one attached hydrogen (secondary N) is 1. The van der Waals surface area contributed by atoms with Gasteiger partial charge in [0.15, 0.2) is 15.7 Å². The predicted molar refractivity (Wildman–Crippen MR) is 120 cm³/mol. The number of aromatic nitrogens is 4. The molecule has 12 nitrogen and oxygen atoms in total. The Morgan fingerprint density at radius 2 is 2.03 bits per heavy atom. The van der Waals surface area contributed by atoms with E-state index in [4.69, 9.17) is 4.74 Å². The average Bonchev–Trinajstić information content (AvgIpc) is 3.37. The highest BCUT2D eigenvalue weighted by Crippen LogP contribution is 2.31. The third-order valence-corrected chi connectivity index (χ3v) is 6.58. The van der Waals surface area contributed by atoms with Gasteiger partial charge in [0.1, 0.15) is 17.7 Å². The van der Waals surface area contributed by atoms with Gasteiger partial charge in [-0.2, -0.15) is 0 Å². The summed E-state index contributed by atoms with van der Waals surface area (Å²) >= 11 is 0. The number of halogens is 1. The Kier molecular flexibility index (Phi) is 6.68. The molecule has 34 heavy (non-hydrogen) atoms. The number of anilines is 2. The number of carbonyl (C=O) groups excluding carboxylic acids is 2. The second kappa shape index (κ2) is 9.52. The standard InChI is InChI=1S/C20H26FN7O5S/c1-13(29)22-10-16-11-27(20(30)33-16)15-3-4-18(17(21)9-15)26-7-5-14(6-8-26)28-19(23-24-25-28)12-34(2,31)32/h3-4,9,14,16H,5-8,10-12H2,1-2H3,(H,22,29). The smallest absolute Gasteiger partial charge is 0.414 e. The molecule has 3 heterocycles. The Bertz CT molecular complexity index is 1180. The van der Waals surface area contributed by atoms with Gasteiger partial charge in [0.25, 0.3) is 0 Å². The van der Waals surface area contributed by atoms with Gasteiger partial charge in [-0.3, -0.25) is 9.69 Å². The first-order chi connectivity index (χ1) is 16.1. The molecule has 4 rings (SSSR count). The van der Waals surface area contributed by atoms with E-state index >= 15 is 4.39 Å². The lowest BCUT2D eigenvalue weighted by atomic mass is 10.0.